The van der Waals surface area contributed by atoms with Crippen LogP contribution in [0, 0.1) is 24.0 Å². The summed E-state index contributed by atoms with van der Waals surface area (Å²) in [5, 5.41) is 13.5. The Morgan fingerprint density at radius 2 is 2.00 bits per heavy atom. The van der Waals surface area contributed by atoms with Gasteiger partial charge in [-0.15, -0.1) is 0 Å². The molecule has 21 heavy (non-hydrogen) atoms. The number of aromatic nitrogens is 1. The number of halogens is 1. The van der Waals surface area contributed by atoms with Crippen molar-refractivity contribution in [3.05, 3.63) is 55.8 Å². The lowest BCUT2D eigenvalue weighted by molar-refractivity contribution is -0.384. The van der Waals surface area contributed by atoms with Crippen LogP contribution in [0.3, 0.4) is 0 Å². The predicted octanol–water partition coefficient (Wildman–Crippen LogP) is 3.56. The van der Waals surface area contributed by atoms with E-state index < -0.39 is 10.8 Å². The number of carbonyl (C=O) groups is 1. The van der Waals surface area contributed by atoms with Gasteiger partial charge in [0.25, 0.3) is 11.6 Å². The molecule has 1 aromatic carbocycles. The van der Waals surface area contributed by atoms with Crippen molar-refractivity contribution < 1.29 is 9.72 Å². The minimum Gasteiger partial charge on any atom is -0.340 e. The molecule has 0 saturated heterocycles. The third-order valence-corrected chi connectivity index (χ3v) is 3.73. The number of benzene rings is 1. The highest BCUT2D eigenvalue weighted by molar-refractivity contribution is 9.10. The molecular formula is C14H14BrN3O3. The molecule has 0 spiro atoms. The second-order valence-corrected chi connectivity index (χ2v) is 5.70. The monoisotopic (exact) mass is 351 g/mol. The standard InChI is InChI=1S/C14H14BrN3O3/c1-8-4-9(2)13(11(15)5-8)16-14(19)12-6-10(18(20)21)7-17(12)3/h4-7H,1-3H3,(H,16,19). The zero-order valence-electron chi connectivity index (χ0n) is 11.8. The topological polar surface area (TPSA) is 77.2 Å². The summed E-state index contributed by atoms with van der Waals surface area (Å²) in [5.74, 6) is -0.391. The molecule has 0 radical (unpaired) electrons. The summed E-state index contributed by atoms with van der Waals surface area (Å²) < 4.78 is 2.21. The van der Waals surface area contributed by atoms with Crippen LogP contribution < -0.4 is 5.32 Å². The fourth-order valence-corrected chi connectivity index (χ4v) is 2.90. The largest absolute Gasteiger partial charge is 0.340 e. The first kappa shape index (κ1) is 15.2. The molecule has 2 aromatic rings. The molecule has 0 fully saturated rings. The molecule has 0 unspecified atom stereocenters. The molecule has 2 rings (SSSR count). The Kier molecular flexibility index (Phi) is 4.13. The average Bonchev–Trinajstić information content (AvgIpc) is 2.76. The number of hydrogen-bond donors (Lipinski definition) is 1. The summed E-state index contributed by atoms with van der Waals surface area (Å²) >= 11 is 3.42. The van der Waals surface area contributed by atoms with Crippen LogP contribution in [0.25, 0.3) is 0 Å². The highest BCUT2D eigenvalue weighted by Gasteiger charge is 2.19. The average molecular weight is 352 g/mol. The van der Waals surface area contributed by atoms with Crippen LogP contribution in [0.2, 0.25) is 0 Å². The number of rotatable bonds is 3. The fourth-order valence-electron chi connectivity index (χ4n) is 2.12. The van der Waals surface area contributed by atoms with Gasteiger partial charge in [-0.2, -0.15) is 0 Å². The first-order valence-electron chi connectivity index (χ1n) is 6.18. The third-order valence-electron chi connectivity index (χ3n) is 3.10. The maximum atomic E-state index is 12.3. The SMILES string of the molecule is Cc1cc(C)c(NC(=O)c2cc([N+](=O)[O-])cn2C)c(Br)c1. The van der Waals surface area contributed by atoms with Gasteiger partial charge in [0, 0.05) is 17.6 Å². The van der Waals surface area contributed by atoms with Crippen molar-refractivity contribution in [1.82, 2.24) is 4.57 Å². The maximum Gasteiger partial charge on any atom is 0.287 e. The Balaban J connectivity index is 2.33. The zero-order valence-corrected chi connectivity index (χ0v) is 13.4. The summed E-state index contributed by atoms with van der Waals surface area (Å²) in [6.07, 6.45) is 1.31. The van der Waals surface area contributed by atoms with E-state index in [0.717, 1.165) is 15.6 Å². The molecule has 0 saturated carbocycles. The zero-order chi connectivity index (χ0) is 15.7. The lowest BCUT2D eigenvalue weighted by atomic mass is 10.1. The Morgan fingerprint density at radius 3 is 2.52 bits per heavy atom. The van der Waals surface area contributed by atoms with Crippen molar-refractivity contribution in [2.75, 3.05) is 5.32 Å². The second-order valence-electron chi connectivity index (χ2n) is 4.84. The van der Waals surface area contributed by atoms with Gasteiger partial charge in [0.1, 0.15) is 5.69 Å². The van der Waals surface area contributed by atoms with Crippen molar-refractivity contribution in [2.45, 2.75) is 13.8 Å². The van der Waals surface area contributed by atoms with Crippen LogP contribution in [0.15, 0.2) is 28.9 Å². The van der Waals surface area contributed by atoms with Crippen LogP contribution in [-0.2, 0) is 7.05 Å². The van der Waals surface area contributed by atoms with Crippen molar-refractivity contribution in [2.24, 2.45) is 7.05 Å². The fraction of sp³-hybridized carbons (Fsp3) is 0.214. The quantitative estimate of drug-likeness (QED) is 0.678. The van der Waals surface area contributed by atoms with Gasteiger partial charge in [-0.05, 0) is 47.0 Å². The number of nitrogens with one attached hydrogen (secondary N) is 1. The maximum absolute atomic E-state index is 12.3. The molecule has 7 heteroatoms. The van der Waals surface area contributed by atoms with Crippen molar-refractivity contribution >= 4 is 33.2 Å². The second kappa shape index (κ2) is 5.69. The van der Waals surface area contributed by atoms with Gasteiger partial charge in [-0.3, -0.25) is 14.9 Å². The first-order valence-corrected chi connectivity index (χ1v) is 6.97. The molecule has 110 valence electrons. The van der Waals surface area contributed by atoms with Crippen molar-refractivity contribution in [1.29, 1.82) is 0 Å². The third kappa shape index (κ3) is 3.13. The van der Waals surface area contributed by atoms with E-state index in [1.165, 1.54) is 16.8 Å². The van der Waals surface area contributed by atoms with Gasteiger partial charge in [-0.25, -0.2) is 0 Å². The van der Waals surface area contributed by atoms with Gasteiger partial charge < -0.3 is 9.88 Å². The Bertz CT molecular complexity index is 714. The van der Waals surface area contributed by atoms with Gasteiger partial charge in [0.15, 0.2) is 0 Å². The highest BCUT2D eigenvalue weighted by atomic mass is 79.9. The minimum atomic E-state index is -0.524. The molecule has 0 bridgehead atoms. The number of carbonyl (C=O) groups excluding carboxylic acids is 1. The van der Waals surface area contributed by atoms with E-state index in [0.29, 0.717) is 5.69 Å². The summed E-state index contributed by atoms with van der Waals surface area (Å²) in [5.41, 5.74) is 2.77. The molecule has 0 aliphatic heterocycles. The number of amides is 1. The van der Waals surface area contributed by atoms with Gasteiger partial charge in [0.05, 0.1) is 16.8 Å². The number of aryl methyl sites for hydroxylation is 3. The van der Waals surface area contributed by atoms with E-state index in [1.807, 2.05) is 26.0 Å². The van der Waals surface area contributed by atoms with E-state index in [2.05, 4.69) is 21.2 Å². The lowest BCUT2D eigenvalue weighted by Crippen LogP contribution is -2.16. The number of nitrogens with zero attached hydrogens (tertiary/aromatic N) is 2. The van der Waals surface area contributed by atoms with E-state index >= 15 is 0 Å². The van der Waals surface area contributed by atoms with Gasteiger partial charge in [-0.1, -0.05) is 6.07 Å². The molecule has 0 atom stereocenters. The highest BCUT2D eigenvalue weighted by Crippen LogP contribution is 2.28. The predicted molar refractivity (Wildman–Crippen MR) is 83.6 cm³/mol. The molecule has 0 aliphatic carbocycles. The van der Waals surface area contributed by atoms with E-state index in [4.69, 9.17) is 0 Å². The van der Waals surface area contributed by atoms with E-state index in [-0.39, 0.29) is 11.4 Å². The van der Waals surface area contributed by atoms with E-state index in [9.17, 15) is 14.9 Å². The number of nitro groups is 1. The van der Waals surface area contributed by atoms with E-state index in [1.54, 1.807) is 7.05 Å². The molecule has 1 heterocycles. The summed E-state index contributed by atoms with van der Waals surface area (Å²) in [7, 11) is 1.60. The molecule has 0 aliphatic rings. The molecule has 6 nitrogen and oxygen atoms in total. The van der Waals surface area contributed by atoms with Crippen molar-refractivity contribution in [3.63, 3.8) is 0 Å². The summed E-state index contributed by atoms with van der Waals surface area (Å²) in [6.45, 7) is 3.85. The number of hydrogen-bond acceptors (Lipinski definition) is 3. The lowest BCUT2D eigenvalue weighted by Gasteiger charge is -2.12. The Hall–Kier alpha value is -2.15. The molecule has 1 aromatic heterocycles. The van der Waals surface area contributed by atoms with Crippen LogP contribution in [0.1, 0.15) is 21.6 Å². The van der Waals surface area contributed by atoms with Crippen molar-refractivity contribution in [3.8, 4) is 0 Å². The molecular weight excluding hydrogens is 338 g/mol. The first-order chi connectivity index (χ1) is 9.79. The van der Waals surface area contributed by atoms with Crippen LogP contribution in [-0.4, -0.2) is 15.4 Å². The van der Waals surface area contributed by atoms with Gasteiger partial charge in [0.2, 0.25) is 0 Å². The van der Waals surface area contributed by atoms with Crippen LogP contribution >= 0.6 is 15.9 Å². The number of anilines is 1. The minimum absolute atomic E-state index is 0.109. The smallest absolute Gasteiger partial charge is 0.287 e. The Morgan fingerprint density at radius 1 is 1.33 bits per heavy atom. The van der Waals surface area contributed by atoms with Crippen LogP contribution in [0.4, 0.5) is 11.4 Å². The summed E-state index contributed by atoms with van der Waals surface area (Å²) in [6, 6.07) is 5.11. The molecule has 1 N–H and O–H groups in total. The van der Waals surface area contributed by atoms with Gasteiger partial charge >= 0.3 is 0 Å². The van der Waals surface area contributed by atoms with Crippen LogP contribution in [0.5, 0.6) is 0 Å². The Labute approximate surface area is 130 Å². The normalized spacial score (nSPS) is 10.5. The molecule has 1 amide bonds. The summed E-state index contributed by atoms with van der Waals surface area (Å²) in [4.78, 5) is 22.5.